The number of hydrogen-bond acceptors (Lipinski definition) is 2. The van der Waals surface area contributed by atoms with Gasteiger partial charge in [-0.3, -0.25) is 4.79 Å². The summed E-state index contributed by atoms with van der Waals surface area (Å²) in [6, 6.07) is 13.9. The van der Waals surface area contributed by atoms with Crippen molar-refractivity contribution in [2.75, 3.05) is 11.4 Å². The molecular weight excluding hydrogens is 314 g/mol. The van der Waals surface area contributed by atoms with E-state index in [-0.39, 0.29) is 11.9 Å². The van der Waals surface area contributed by atoms with Gasteiger partial charge in [0, 0.05) is 32.2 Å². The first-order valence-corrected chi connectivity index (χ1v) is 8.50. The topological polar surface area (TPSA) is 61.4 Å². The second kappa shape index (κ2) is 7.38. The van der Waals surface area contributed by atoms with Crippen molar-refractivity contribution in [3.8, 4) is 0 Å². The third-order valence-corrected chi connectivity index (χ3v) is 4.45. The predicted octanol–water partition coefficient (Wildman–Crippen LogP) is 2.90. The van der Waals surface area contributed by atoms with E-state index in [9.17, 15) is 9.59 Å². The molecule has 0 aromatic heterocycles. The number of carbonyl (C=O) groups is 2. The number of fused-ring (bicyclic) bond motifs is 1. The lowest BCUT2D eigenvalue weighted by Gasteiger charge is -2.15. The van der Waals surface area contributed by atoms with Crippen LogP contribution in [-0.2, 0) is 24.3 Å². The lowest BCUT2D eigenvalue weighted by atomic mass is 10.1. The van der Waals surface area contributed by atoms with E-state index >= 15 is 0 Å². The second-order valence-electron chi connectivity index (χ2n) is 6.41. The van der Waals surface area contributed by atoms with Gasteiger partial charge in [0.05, 0.1) is 0 Å². The molecule has 3 amide bonds. The Morgan fingerprint density at radius 1 is 1.00 bits per heavy atom. The van der Waals surface area contributed by atoms with Crippen molar-refractivity contribution in [1.82, 2.24) is 10.6 Å². The maximum Gasteiger partial charge on any atom is 0.315 e. The third-order valence-electron chi connectivity index (χ3n) is 4.45. The van der Waals surface area contributed by atoms with Crippen LogP contribution in [0.1, 0.15) is 29.2 Å². The van der Waals surface area contributed by atoms with Crippen LogP contribution in [0, 0.1) is 6.92 Å². The molecule has 5 heteroatoms. The van der Waals surface area contributed by atoms with Crippen LogP contribution in [0.5, 0.6) is 0 Å². The average Bonchev–Trinajstić information content (AvgIpc) is 3.03. The summed E-state index contributed by atoms with van der Waals surface area (Å²) in [5, 5.41) is 5.74. The Balaban J connectivity index is 1.51. The monoisotopic (exact) mass is 337 g/mol. The maximum absolute atomic E-state index is 12.0. The molecular formula is C20H23N3O2. The van der Waals surface area contributed by atoms with E-state index in [1.165, 1.54) is 5.56 Å². The Kier molecular flexibility index (Phi) is 5.03. The highest BCUT2D eigenvalue weighted by atomic mass is 16.2. The molecule has 25 heavy (non-hydrogen) atoms. The Bertz CT molecular complexity index is 784. The van der Waals surface area contributed by atoms with Gasteiger partial charge in [0.25, 0.3) is 0 Å². The molecule has 0 radical (unpaired) electrons. The van der Waals surface area contributed by atoms with Crippen LogP contribution in [0.25, 0.3) is 0 Å². The summed E-state index contributed by atoms with van der Waals surface area (Å²) in [7, 11) is 0. The molecule has 0 aliphatic carbocycles. The normalized spacial score (nSPS) is 12.6. The zero-order valence-electron chi connectivity index (χ0n) is 14.6. The van der Waals surface area contributed by atoms with Crippen LogP contribution in [-0.4, -0.2) is 18.5 Å². The van der Waals surface area contributed by atoms with Crippen LogP contribution < -0.4 is 15.5 Å². The minimum atomic E-state index is -0.188. The minimum absolute atomic E-state index is 0.0695. The van der Waals surface area contributed by atoms with Crippen molar-refractivity contribution in [3.63, 3.8) is 0 Å². The van der Waals surface area contributed by atoms with E-state index in [0.29, 0.717) is 13.1 Å². The number of anilines is 1. The van der Waals surface area contributed by atoms with Crippen molar-refractivity contribution in [1.29, 1.82) is 0 Å². The fourth-order valence-electron chi connectivity index (χ4n) is 3.03. The molecule has 2 aromatic carbocycles. The summed E-state index contributed by atoms with van der Waals surface area (Å²) in [5.41, 5.74) is 5.46. The van der Waals surface area contributed by atoms with Crippen molar-refractivity contribution in [2.45, 2.75) is 33.4 Å². The molecule has 0 unspecified atom stereocenters. The Labute approximate surface area is 148 Å². The zero-order valence-corrected chi connectivity index (χ0v) is 14.6. The van der Waals surface area contributed by atoms with Gasteiger partial charge in [-0.05, 0) is 36.1 Å². The Hall–Kier alpha value is -2.82. The minimum Gasteiger partial charge on any atom is -0.334 e. The van der Waals surface area contributed by atoms with Crippen molar-refractivity contribution in [2.24, 2.45) is 0 Å². The van der Waals surface area contributed by atoms with Crippen LogP contribution in [0.4, 0.5) is 10.5 Å². The van der Waals surface area contributed by atoms with Crippen molar-refractivity contribution >= 4 is 17.6 Å². The Morgan fingerprint density at radius 3 is 2.32 bits per heavy atom. The molecule has 130 valence electrons. The van der Waals surface area contributed by atoms with E-state index < -0.39 is 0 Å². The number of hydrogen-bond donors (Lipinski definition) is 2. The summed E-state index contributed by atoms with van der Waals surface area (Å²) in [6.45, 7) is 5.33. The number of benzene rings is 2. The van der Waals surface area contributed by atoms with Crippen LogP contribution in [0.3, 0.4) is 0 Å². The van der Waals surface area contributed by atoms with Gasteiger partial charge in [-0.15, -0.1) is 0 Å². The van der Waals surface area contributed by atoms with E-state index in [4.69, 9.17) is 0 Å². The number of rotatable bonds is 4. The quantitative estimate of drug-likeness (QED) is 0.901. The van der Waals surface area contributed by atoms with Crippen LogP contribution in [0.15, 0.2) is 42.5 Å². The molecule has 2 aromatic rings. The molecule has 0 saturated heterocycles. The summed E-state index contributed by atoms with van der Waals surface area (Å²) in [5.74, 6) is 0.0695. The van der Waals surface area contributed by atoms with Crippen molar-refractivity contribution < 1.29 is 9.59 Å². The van der Waals surface area contributed by atoms with E-state index in [1.54, 1.807) is 11.8 Å². The smallest absolute Gasteiger partial charge is 0.315 e. The molecule has 0 fully saturated rings. The SMILES string of the molecule is CC(=O)N1CCc2cc(CNC(=O)NCc3ccc(C)cc3)ccc21. The van der Waals surface area contributed by atoms with Gasteiger partial charge in [-0.25, -0.2) is 4.79 Å². The largest absolute Gasteiger partial charge is 0.334 e. The van der Waals surface area contributed by atoms with Crippen molar-refractivity contribution in [3.05, 3.63) is 64.7 Å². The molecule has 0 bridgehead atoms. The Morgan fingerprint density at radius 2 is 1.64 bits per heavy atom. The molecule has 2 N–H and O–H groups in total. The summed E-state index contributed by atoms with van der Waals surface area (Å²) in [4.78, 5) is 25.3. The number of amides is 3. The number of nitrogens with one attached hydrogen (secondary N) is 2. The second-order valence-corrected chi connectivity index (χ2v) is 6.41. The molecule has 1 aliphatic rings. The first-order chi connectivity index (χ1) is 12.0. The first kappa shape index (κ1) is 17.0. The van der Waals surface area contributed by atoms with Crippen LogP contribution in [0.2, 0.25) is 0 Å². The number of carbonyl (C=O) groups excluding carboxylic acids is 2. The maximum atomic E-state index is 12.0. The molecule has 0 spiro atoms. The van der Waals surface area contributed by atoms with Crippen LogP contribution >= 0.6 is 0 Å². The number of urea groups is 1. The number of aryl methyl sites for hydroxylation is 1. The lowest BCUT2D eigenvalue weighted by Crippen LogP contribution is -2.34. The third kappa shape index (κ3) is 4.18. The van der Waals surface area contributed by atoms with Gasteiger partial charge < -0.3 is 15.5 Å². The molecule has 1 aliphatic heterocycles. The molecule has 1 heterocycles. The highest BCUT2D eigenvalue weighted by Crippen LogP contribution is 2.28. The van der Waals surface area contributed by atoms with Gasteiger partial charge >= 0.3 is 6.03 Å². The highest BCUT2D eigenvalue weighted by Gasteiger charge is 2.21. The lowest BCUT2D eigenvalue weighted by molar-refractivity contribution is -0.116. The van der Waals surface area contributed by atoms with Gasteiger partial charge in [0.2, 0.25) is 5.91 Å². The summed E-state index contributed by atoms with van der Waals surface area (Å²) < 4.78 is 0. The summed E-state index contributed by atoms with van der Waals surface area (Å²) in [6.07, 6.45) is 0.863. The summed E-state index contributed by atoms with van der Waals surface area (Å²) >= 11 is 0. The highest BCUT2D eigenvalue weighted by molar-refractivity contribution is 5.93. The average molecular weight is 337 g/mol. The predicted molar refractivity (Wildman–Crippen MR) is 98.4 cm³/mol. The first-order valence-electron chi connectivity index (χ1n) is 8.50. The van der Waals surface area contributed by atoms with E-state index in [2.05, 4.69) is 16.7 Å². The molecule has 3 rings (SSSR count). The van der Waals surface area contributed by atoms with Gasteiger partial charge in [0.1, 0.15) is 0 Å². The zero-order chi connectivity index (χ0) is 17.8. The standard InChI is InChI=1S/C20H23N3O2/c1-14-3-5-16(6-4-14)12-21-20(25)22-13-17-7-8-19-18(11-17)9-10-23(19)15(2)24/h3-8,11H,9-10,12-13H2,1-2H3,(H2,21,22,25). The molecule has 5 nitrogen and oxygen atoms in total. The number of nitrogens with zero attached hydrogens (tertiary/aromatic N) is 1. The van der Waals surface area contributed by atoms with Gasteiger partial charge in [-0.2, -0.15) is 0 Å². The van der Waals surface area contributed by atoms with Gasteiger partial charge in [-0.1, -0.05) is 42.0 Å². The van der Waals surface area contributed by atoms with E-state index in [0.717, 1.165) is 35.3 Å². The van der Waals surface area contributed by atoms with E-state index in [1.807, 2.05) is 43.3 Å². The molecule has 0 atom stereocenters. The van der Waals surface area contributed by atoms with Gasteiger partial charge in [0.15, 0.2) is 0 Å². The fourth-order valence-corrected chi connectivity index (χ4v) is 3.03. The molecule has 0 saturated carbocycles. The fraction of sp³-hybridized carbons (Fsp3) is 0.300.